The first-order valence-electron chi connectivity index (χ1n) is 18.1. The number of nitrogens with zero attached hydrogens (tertiary/aromatic N) is 2. The highest BCUT2D eigenvalue weighted by Gasteiger charge is 2.17. The van der Waals surface area contributed by atoms with E-state index in [1.54, 1.807) is 0 Å². The van der Waals surface area contributed by atoms with Crippen LogP contribution in [0.4, 0.5) is 0 Å². The van der Waals surface area contributed by atoms with Crippen LogP contribution in [0.3, 0.4) is 0 Å². The summed E-state index contributed by atoms with van der Waals surface area (Å²) in [4.78, 5) is 0. The molecule has 11 rings (SSSR count). The molecule has 0 unspecified atom stereocenters. The molecule has 0 aliphatic carbocycles. The van der Waals surface area contributed by atoms with Crippen LogP contribution in [0.15, 0.2) is 194 Å². The molecular weight excluding hydrogens is 661 g/mol. The molecule has 3 heteroatoms. The van der Waals surface area contributed by atoms with Crippen molar-refractivity contribution in [3.8, 4) is 44.8 Å². The van der Waals surface area contributed by atoms with Gasteiger partial charge < -0.3 is 9.13 Å². The Morgan fingerprint density at radius 1 is 0.340 bits per heavy atom. The van der Waals surface area contributed by atoms with E-state index in [4.69, 9.17) is 0 Å². The average Bonchev–Trinajstić information content (AvgIpc) is 3.92. The van der Waals surface area contributed by atoms with Crippen molar-refractivity contribution in [2.45, 2.75) is 0 Å². The monoisotopic (exact) mass is 692 g/mol. The summed E-state index contributed by atoms with van der Waals surface area (Å²) in [6.07, 6.45) is 2.18. The standard InChI is InChI=1S/C50H32N2S/c1-3-11-33(12-4-1)34-21-23-35(24-22-34)40-16-9-18-43-44-19-10-17-41(50(44)53-49(40)43)36-25-27-39(28-26-36)52-46-20-8-7-15-42(46)45-31-37-29-30-51(47(37)32-48(45)52)38-13-5-2-6-14-38/h1-32H. The second-order valence-corrected chi connectivity index (χ2v) is 14.8. The number of thiophene rings is 1. The van der Waals surface area contributed by atoms with Gasteiger partial charge in [-0.3, -0.25) is 0 Å². The summed E-state index contributed by atoms with van der Waals surface area (Å²) in [5, 5.41) is 6.39. The largest absolute Gasteiger partial charge is 0.316 e. The molecule has 3 heterocycles. The number of hydrogen-bond donors (Lipinski definition) is 0. The van der Waals surface area contributed by atoms with Gasteiger partial charge in [-0.15, -0.1) is 11.3 Å². The zero-order chi connectivity index (χ0) is 34.9. The van der Waals surface area contributed by atoms with Crippen LogP contribution in [0, 0.1) is 0 Å². The van der Waals surface area contributed by atoms with Crippen LogP contribution >= 0.6 is 11.3 Å². The van der Waals surface area contributed by atoms with Gasteiger partial charge in [-0.2, -0.15) is 0 Å². The first-order chi connectivity index (χ1) is 26.3. The summed E-state index contributed by atoms with van der Waals surface area (Å²) in [6.45, 7) is 0. The highest BCUT2D eigenvalue weighted by Crippen LogP contribution is 2.44. The van der Waals surface area contributed by atoms with Gasteiger partial charge in [0, 0.05) is 53.9 Å². The van der Waals surface area contributed by atoms with Gasteiger partial charge in [0.15, 0.2) is 0 Å². The van der Waals surface area contributed by atoms with Crippen molar-refractivity contribution in [1.82, 2.24) is 9.13 Å². The van der Waals surface area contributed by atoms with Crippen LogP contribution < -0.4 is 0 Å². The molecule has 8 aromatic carbocycles. The van der Waals surface area contributed by atoms with E-state index in [1.807, 2.05) is 11.3 Å². The maximum atomic E-state index is 2.42. The van der Waals surface area contributed by atoms with Crippen molar-refractivity contribution in [3.05, 3.63) is 194 Å². The van der Waals surface area contributed by atoms with E-state index >= 15 is 0 Å². The van der Waals surface area contributed by atoms with Gasteiger partial charge in [0.1, 0.15) is 0 Å². The van der Waals surface area contributed by atoms with E-state index < -0.39 is 0 Å². The Morgan fingerprint density at radius 2 is 0.906 bits per heavy atom. The fourth-order valence-corrected chi connectivity index (χ4v) is 9.60. The van der Waals surface area contributed by atoms with Gasteiger partial charge in [-0.05, 0) is 81.9 Å². The average molecular weight is 693 g/mol. The normalized spacial score (nSPS) is 11.8. The lowest BCUT2D eigenvalue weighted by molar-refractivity contribution is 1.12. The number of aromatic nitrogens is 2. The summed E-state index contributed by atoms with van der Waals surface area (Å²) >= 11 is 1.90. The lowest BCUT2D eigenvalue weighted by Gasteiger charge is -2.11. The van der Waals surface area contributed by atoms with Crippen LogP contribution in [0.25, 0.3) is 97.6 Å². The van der Waals surface area contributed by atoms with E-state index in [0.29, 0.717) is 0 Å². The minimum atomic E-state index is 1.15. The van der Waals surface area contributed by atoms with Crippen LogP contribution in [-0.2, 0) is 0 Å². The predicted molar refractivity (Wildman–Crippen MR) is 227 cm³/mol. The summed E-state index contributed by atoms with van der Waals surface area (Å²) in [6, 6.07) is 68.6. The second-order valence-electron chi connectivity index (χ2n) is 13.8. The van der Waals surface area contributed by atoms with E-state index in [1.165, 1.54) is 86.3 Å². The number of rotatable bonds is 5. The summed E-state index contributed by atoms with van der Waals surface area (Å²) in [7, 11) is 0. The van der Waals surface area contributed by atoms with Gasteiger partial charge in [0.05, 0.1) is 16.6 Å². The van der Waals surface area contributed by atoms with Crippen LogP contribution in [0.1, 0.15) is 0 Å². The topological polar surface area (TPSA) is 9.86 Å². The maximum absolute atomic E-state index is 2.42. The second kappa shape index (κ2) is 11.9. The number of fused-ring (bicyclic) bond motifs is 7. The molecule has 0 bridgehead atoms. The maximum Gasteiger partial charge on any atom is 0.0562 e. The quantitative estimate of drug-likeness (QED) is 0.170. The highest BCUT2D eigenvalue weighted by atomic mass is 32.1. The Morgan fingerprint density at radius 3 is 1.60 bits per heavy atom. The van der Waals surface area contributed by atoms with Gasteiger partial charge in [-0.1, -0.05) is 140 Å². The molecule has 0 atom stereocenters. The molecule has 0 spiro atoms. The predicted octanol–water partition coefficient (Wildman–Crippen LogP) is 14.1. The number of hydrogen-bond acceptors (Lipinski definition) is 1. The van der Waals surface area contributed by atoms with Gasteiger partial charge in [0.2, 0.25) is 0 Å². The lowest BCUT2D eigenvalue weighted by Crippen LogP contribution is -1.95. The summed E-state index contributed by atoms with van der Waals surface area (Å²) in [5.41, 5.74) is 13.4. The Balaban J connectivity index is 1.02. The summed E-state index contributed by atoms with van der Waals surface area (Å²) in [5.74, 6) is 0. The van der Waals surface area contributed by atoms with Gasteiger partial charge >= 0.3 is 0 Å². The van der Waals surface area contributed by atoms with Crippen molar-refractivity contribution >= 4 is 64.2 Å². The van der Waals surface area contributed by atoms with Crippen molar-refractivity contribution in [1.29, 1.82) is 0 Å². The molecule has 0 saturated heterocycles. The van der Waals surface area contributed by atoms with E-state index in [9.17, 15) is 0 Å². The van der Waals surface area contributed by atoms with Crippen LogP contribution in [0.2, 0.25) is 0 Å². The van der Waals surface area contributed by atoms with E-state index in [-0.39, 0.29) is 0 Å². The van der Waals surface area contributed by atoms with E-state index in [0.717, 1.165) is 11.4 Å². The zero-order valence-corrected chi connectivity index (χ0v) is 29.6. The molecule has 0 aliphatic rings. The van der Waals surface area contributed by atoms with Crippen molar-refractivity contribution in [2.75, 3.05) is 0 Å². The molecule has 11 aromatic rings. The minimum absolute atomic E-state index is 1.15. The van der Waals surface area contributed by atoms with Crippen LogP contribution in [0.5, 0.6) is 0 Å². The Labute approximate surface area is 311 Å². The summed E-state index contributed by atoms with van der Waals surface area (Å²) < 4.78 is 7.36. The Hall–Kier alpha value is -6.68. The van der Waals surface area contributed by atoms with E-state index in [2.05, 4.69) is 203 Å². The Kier molecular flexibility index (Phi) is 6.76. The van der Waals surface area contributed by atoms with Crippen molar-refractivity contribution in [3.63, 3.8) is 0 Å². The molecule has 53 heavy (non-hydrogen) atoms. The number of benzene rings is 8. The first kappa shape index (κ1) is 30.0. The van der Waals surface area contributed by atoms with Crippen LogP contribution in [-0.4, -0.2) is 9.13 Å². The van der Waals surface area contributed by atoms with Crippen molar-refractivity contribution < 1.29 is 0 Å². The van der Waals surface area contributed by atoms with Gasteiger partial charge in [-0.25, -0.2) is 0 Å². The zero-order valence-electron chi connectivity index (χ0n) is 28.8. The molecule has 0 amide bonds. The van der Waals surface area contributed by atoms with Crippen molar-refractivity contribution in [2.24, 2.45) is 0 Å². The molecule has 3 aromatic heterocycles. The fraction of sp³-hybridized carbons (Fsp3) is 0. The third-order valence-electron chi connectivity index (χ3n) is 10.8. The smallest absolute Gasteiger partial charge is 0.0562 e. The third kappa shape index (κ3) is 4.78. The van der Waals surface area contributed by atoms with Gasteiger partial charge in [0.25, 0.3) is 0 Å². The molecule has 0 fully saturated rings. The molecule has 0 N–H and O–H groups in total. The first-order valence-corrected chi connectivity index (χ1v) is 18.9. The number of para-hydroxylation sites is 2. The molecule has 0 aliphatic heterocycles. The highest BCUT2D eigenvalue weighted by molar-refractivity contribution is 7.26. The molecule has 2 nitrogen and oxygen atoms in total. The minimum Gasteiger partial charge on any atom is -0.316 e. The Bertz CT molecular complexity index is 3130. The molecule has 248 valence electrons. The fourth-order valence-electron chi connectivity index (χ4n) is 8.23. The SMILES string of the molecule is c1ccc(-c2ccc(-c3cccc4c3sc3c(-c5ccc(-n6c7ccccc7c7cc8ccn(-c9ccccc9)c8cc76)cc5)cccc34)cc2)cc1. The third-order valence-corrected chi connectivity index (χ3v) is 12.1. The molecule has 0 saturated carbocycles. The lowest BCUT2D eigenvalue weighted by atomic mass is 9.98. The molecule has 0 radical (unpaired) electrons. The molecular formula is C50H32N2S.